The number of carbonyl (C=O) groups is 1. The van der Waals surface area contributed by atoms with Crippen LogP contribution in [0.25, 0.3) is 0 Å². The number of rotatable bonds is 15. The van der Waals surface area contributed by atoms with E-state index in [1.165, 1.54) is 24.3 Å². The van der Waals surface area contributed by atoms with Crippen LogP contribution in [0.5, 0.6) is 5.75 Å². The average Bonchev–Trinajstić information content (AvgIpc) is 3.20. The van der Waals surface area contributed by atoms with Gasteiger partial charge in [0.15, 0.2) is 21.4 Å². The van der Waals surface area contributed by atoms with Crippen LogP contribution in [0.3, 0.4) is 0 Å². The molecular weight excluding hydrogens is 941 g/mol. The zero-order chi connectivity index (χ0) is 46.6. The lowest BCUT2D eigenvalue weighted by atomic mass is 10.1. The highest BCUT2D eigenvalue weighted by Crippen LogP contribution is 2.50. The number of hydrogen-bond donors (Lipinski definition) is 8. The maximum atomic E-state index is 12.8. The standard InChI is InChI=1S/C32H26N10O16S5/c1-58-22-13-21(25(63(55,56)57)14-20(22)38-36-19-11-10-17(60(47)48)12-24(19)62(52,53)54)39-41-30-26(32(43)44)29(40-35-15-6-8-16(9-7-15)59(45)46)27(33)31(28(30)34)42-37-18-4-2-3-5-23(18)61(49,50)51/h2-14,59-60H,33-34H2,1H3,(H,43,44)(H,49,50,51)(H,52,53,54)(H,55,56,57). The second kappa shape index (κ2) is 18.5. The maximum Gasteiger partial charge on any atom is 0.340 e. The summed E-state index contributed by atoms with van der Waals surface area (Å²) >= 11 is 0. The number of carboxylic acid groups (broad SMARTS) is 1. The molecule has 0 aromatic heterocycles. The molecule has 0 atom stereocenters. The summed E-state index contributed by atoms with van der Waals surface area (Å²) in [4.78, 5) is 9.38. The Labute approximate surface area is 357 Å². The van der Waals surface area contributed by atoms with Crippen molar-refractivity contribution in [3.63, 3.8) is 0 Å². The summed E-state index contributed by atoms with van der Waals surface area (Å²) in [6.07, 6.45) is 0. The number of methoxy groups -OCH3 is 1. The fourth-order valence-corrected chi connectivity index (χ4v) is 7.87. The summed E-state index contributed by atoms with van der Waals surface area (Å²) in [6.45, 7) is 0. The van der Waals surface area contributed by atoms with Crippen LogP contribution in [-0.4, -0.2) is 73.9 Å². The number of nitrogens with two attached hydrogens (primary N) is 2. The van der Waals surface area contributed by atoms with Crippen molar-refractivity contribution in [1.29, 1.82) is 0 Å². The molecule has 0 aliphatic heterocycles. The van der Waals surface area contributed by atoms with E-state index in [1.54, 1.807) is 0 Å². The molecule has 0 aliphatic carbocycles. The predicted molar refractivity (Wildman–Crippen MR) is 218 cm³/mol. The number of azo groups is 4. The summed E-state index contributed by atoms with van der Waals surface area (Å²) in [6, 6.07) is 13.1. The lowest BCUT2D eigenvalue weighted by Gasteiger charge is -2.13. The molecule has 8 N–H and O–H groups in total. The van der Waals surface area contributed by atoms with Crippen LogP contribution in [0.1, 0.15) is 10.4 Å². The molecular formula is C32H26N10O16S5. The molecule has 0 spiro atoms. The third-order valence-corrected chi connectivity index (χ3v) is 12.0. The van der Waals surface area contributed by atoms with Gasteiger partial charge in [0, 0.05) is 6.07 Å². The predicted octanol–water partition coefficient (Wildman–Crippen LogP) is 5.90. The van der Waals surface area contributed by atoms with Gasteiger partial charge in [-0.3, -0.25) is 13.7 Å². The Hall–Kier alpha value is -7.00. The molecule has 0 heterocycles. The molecule has 0 radical (unpaired) electrons. The number of anilines is 2. The van der Waals surface area contributed by atoms with Crippen LogP contribution in [0, 0.1) is 0 Å². The van der Waals surface area contributed by atoms with E-state index in [0.29, 0.717) is 12.1 Å². The van der Waals surface area contributed by atoms with Crippen LogP contribution in [0.15, 0.2) is 144 Å². The van der Waals surface area contributed by atoms with E-state index in [4.69, 9.17) is 16.2 Å². The number of ether oxygens (including phenoxy) is 1. The summed E-state index contributed by atoms with van der Waals surface area (Å²) in [7, 11) is -20.6. The molecule has 5 aromatic rings. The second-order valence-corrected chi connectivity index (χ2v) is 18.2. The Morgan fingerprint density at radius 2 is 1.00 bits per heavy atom. The molecule has 330 valence electrons. The van der Waals surface area contributed by atoms with Gasteiger partial charge < -0.3 is 21.3 Å². The van der Waals surface area contributed by atoms with E-state index in [-0.39, 0.29) is 10.6 Å². The van der Waals surface area contributed by atoms with E-state index in [1.807, 2.05) is 0 Å². The van der Waals surface area contributed by atoms with Gasteiger partial charge >= 0.3 is 5.97 Å². The Balaban J connectivity index is 1.75. The van der Waals surface area contributed by atoms with Crippen molar-refractivity contribution in [2.45, 2.75) is 24.5 Å². The second-order valence-electron chi connectivity index (χ2n) is 11.9. The molecule has 0 saturated carbocycles. The number of nitrogen functional groups attached to an aromatic ring is 2. The first-order valence-corrected chi connectivity index (χ1v) is 23.0. The molecule has 0 unspecified atom stereocenters. The van der Waals surface area contributed by atoms with E-state index in [0.717, 1.165) is 49.6 Å². The van der Waals surface area contributed by atoms with Crippen LogP contribution in [0.4, 0.5) is 56.9 Å². The Kier molecular flexibility index (Phi) is 13.9. The SMILES string of the molecule is COc1cc(N=Nc2c(N)c(N=Nc3ccccc3S(=O)(=O)O)c(N)c(N=Nc3ccc([SH](=O)=O)cc3)c2C(=O)O)c(S(=O)(=O)O)cc1N=Nc1ccc([SH](=O)=O)cc1S(=O)(=O)O. The van der Waals surface area contributed by atoms with E-state index < -0.39 is 140 Å². The van der Waals surface area contributed by atoms with Gasteiger partial charge in [0.1, 0.15) is 65.8 Å². The quantitative estimate of drug-likeness (QED) is 0.0262. The van der Waals surface area contributed by atoms with Crippen molar-refractivity contribution >= 4 is 115 Å². The molecule has 5 rings (SSSR count). The number of hydrogen-bond acceptors (Lipinski definition) is 22. The molecule has 5 aromatic carbocycles. The van der Waals surface area contributed by atoms with Crippen molar-refractivity contribution in [2.75, 3.05) is 18.6 Å². The van der Waals surface area contributed by atoms with E-state index >= 15 is 0 Å². The van der Waals surface area contributed by atoms with Gasteiger partial charge in [0.25, 0.3) is 30.4 Å². The highest BCUT2D eigenvalue weighted by Gasteiger charge is 2.28. The summed E-state index contributed by atoms with van der Waals surface area (Å²) in [5, 5.41) is 40.8. The number of carboxylic acids is 1. The number of benzene rings is 5. The summed E-state index contributed by atoms with van der Waals surface area (Å²) in [5.74, 6) is -2.26. The zero-order valence-electron chi connectivity index (χ0n) is 31.0. The molecule has 0 aliphatic rings. The third kappa shape index (κ3) is 10.9. The lowest BCUT2D eigenvalue weighted by Crippen LogP contribution is -2.04. The fraction of sp³-hybridized carbons (Fsp3) is 0.0312. The number of aromatic carboxylic acids is 1. The molecule has 63 heavy (non-hydrogen) atoms. The maximum absolute atomic E-state index is 12.8. The topological polar surface area (TPSA) is 429 Å². The average molecular weight is 967 g/mol. The monoisotopic (exact) mass is 966 g/mol. The Bertz CT molecular complexity index is 3320. The molecule has 0 saturated heterocycles. The molecule has 0 amide bonds. The van der Waals surface area contributed by atoms with Gasteiger partial charge in [0.2, 0.25) is 0 Å². The van der Waals surface area contributed by atoms with Crippen LogP contribution in [0.2, 0.25) is 0 Å². The van der Waals surface area contributed by atoms with Crippen molar-refractivity contribution < 1.29 is 70.4 Å². The van der Waals surface area contributed by atoms with Crippen molar-refractivity contribution in [3.05, 3.63) is 84.4 Å². The highest BCUT2D eigenvalue weighted by molar-refractivity contribution is 7.86. The molecule has 31 heteroatoms. The normalized spacial score (nSPS) is 12.7. The van der Waals surface area contributed by atoms with Gasteiger partial charge in [-0.1, -0.05) is 12.1 Å². The minimum Gasteiger partial charge on any atom is -0.494 e. The molecule has 0 bridgehead atoms. The number of nitrogens with zero attached hydrogens (tertiary/aromatic N) is 8. The first-order chi connectivity index (χ1) is 29.4. The van der Waals surface area contributed by atoms with E-state index in [9.17, 15) is 65.6 Å². The lowest BCUT2D eigenvalue weighted by molar-refractivity contribution is 0.0698. The third-order valence-electron chi connectivity index (χ3n) is 7.93. The Morgan fingerprint density at radius 3 is 1.54 bits per heavy atom. The van der Waals surface area contributed by atoms with Crippen molar-refractivity contribution in [3.8, 4) is 5.75 Å². The van der Waals surface area contributed by atoms with Crippen LogP contribution < -0.4 is 16.2 Å². The van der Waals surface area contributed by atoms with Gasteiger partial charge in [-0.2, -0.15) is 30.4 Å². The highest BCUT2D eigenvalue weighted by atomic mass is 32.2. The molecule has 0 fully saturated rings. The summed E-state index contributed by atoms with van der Waals surface area (Å²) in [5.41, 5.74) is 5.48. The van der Waals surface area contributed by atoms with Gasteiger partial charge in [-0.15, -0.1) is 35.8 Å². The molecule has 26 nitrogen and oxygen atoms in total. The van der Waals surface area contributed by atoms with Crippen molar-refractivity contribution in [2.24, 2.45) is 40.9 Å². The first-order valence-electron chi connectivity index (χ1n) is 16.3. The zero-order valence-corrected chi connectivity index (χ0v) is 35.3. The van der Waals surface area contributed by atoms with Crippen molar-refractivity contribution in [1.82, 2.24) is 0 Å². The number of thiol groups is 2. The largest absolute Gasteiger partial charge is 0.494 e. The Morgan fingerprint density at radius 1 is 0.540 bits per heavy atom. The smallest absolute Gasteiger partial charge is 0.340 e. The summed E-state index contributed by atoms with van der Waals surface area (Å²) < 4.78 is 154. The van der Waals surface area contributed by atoms with Gasteiger partial charge in [-0.25, -0.2) is 21.6 Å². The first kappa shape index (κ1) is 47.1. The van der Waals surface area contributed by atoms with Crippen LogP contribution >= 0.6 is 0 Å². The minimum absolute atomic E-state index is 0.0377. The van der Waals surface area contributed by atoms with Gasteiger partial charge in [-0.05, 0) is 60.7 Å². The van der Waals surface area contributed by atoms with Crippen LogP contribution in [-0.2, 0) is 51.8 Å². The minimum atomic E-state index is -5.33. The van der Waals surface area contributed by atoms with Gasteiger partial charge in [0.05, 0.1) is 34.0 Å². The van der Waals surface area contributed by atoms with E-state index in [2.05, 4.69) is 40.9 Å². The fourth-order valence-electron chi connectivity index (χ4n) is 5.06.